The van der Waals surface area contributed by atoms with Crippen molar-refractivity contribution in [1.29, 1.82) is 0 Å². The standard InChI is InChI=1S/C18H30N4/c1-4-17(22(3)20)18(19)16-11-10-15(13(2)21-16)12-14-8-6-5-7-9-14/h10-11,14H,4-9,12,19-20H2,1-3H3/b18-17-. The average Bonchev–Trinajstić information content (AvgIpc) is 2.50. The van der Waals surface area contributed by atoms with Crippen molar-refractivity contribution in [3.05, 3.63) is 34.8 Å². The summed E-state index contributed by atoms with van der Waals surface area (Å²) in [6, 6.07) is 4.24. The maximum Gasteiger partial charge on any atom is 0.0880 e. The zero-order valence-electron chi connectivity index (χ0n) is 14.2. The summed E-state index contributed by atoms with van der Waals surface area (Å²) in [5, 5.41) is 1.59. The Kier molecular flexibility index (Phi) is 5.83. The van der Waals surface area contributed by atoms with Gasteiger partial charge in [-0.25, -0.2) is 5.84 Å². The van der Waals surface area contributed by atoms with E-state index in [0.29, 0.717) is 5.70 Å². The molecule has 0 aromatic carbocycles. The Bertz CT molecular complexity index is 528. The van der Waals surface area contributed by atoms with E-state index in [2.05, 4.69) is 19.9 Å². The van der Waals surface area contributed by atoms with Crippen LogP contribution in [0.15, 0.2) is 17.8 Å². The lowest BCUT2D eigenvalue weighted by atomic mass is 9.84. The van der Waals surface area contributed by atoms with Crippen molar-refractivity contribution in [2.45, 2.75) is 58.8 Å². The smallest absolute Gasteiger partial charge is 0.0880 e. The summed E-state index contributed by atoms with van der Waals surface area (Å²) in [6.45, 7) is 4.14. The highest BCUT2D eigenvalue weighted by Gasteiger charge is 2.16. The highest BCUT2D eigenvalue weighted by molar-refractivity contribution is 5.62. The first-order valence-electron chi connectivity index (χ1n) is 8.46. The van der Waals surface area contributed by atoms with Crippen LogP contribution in [0.2, 0.25) is 0 Å². The fourth-order valence-corrected chi connectivity index (χ4v) is 3.44. The molecule has 2 rings (SSSR count). The fourth-order valence-electron chi connectivity index (χ4n) is 3.44. The second-order valence-electron chi connectivity index (χ2n) is 6.47. The van der Waals surface area contributed by atoms with Gasteiger partial charge in [0, 0.05) is 12.7 Å². The van der Waals surface area contributed by atoms with Crippen molar-refractivity contribution < 1.29 is 0 Å². The maximum absolute atomic E-state index is 6.25. The van der Waals surface area contributed by atoms with Crippen LogP contribution >= 0.6 is 0 Å². The lowest BCUT2D eigenvalue weighted by Crippen LogP contribution is -2.27. The quantitative estimate of drug-likeness (QED) is 0.646. The zero-order valence-corrected chi connectivity index (χ0v) is 14.2. The van der Waals surface area contributed by atoms with Crippen LogP contribution < -0.4 is 11.6 Å². The highest BCUT2D eigenvalue weighted by Crippen LogP contribution is 2.28. The number of hydrogen-bond acceptors (Lipinski definition) is 4. The van der Waals surface area contributed by atoms with Gasteiger partial charge in [-0.3, -0.25) is 4.98 Å². The van der Waals surface area contributed by atoms with Crippen molar-refractivity contribution in [2.75, 3.05) is 7.05 Å². The predicted octanol–water partition coefficient (Wildman–Crippen LogP) is 3.36. The van der Waals surface area contributed by atoms with E-state index in [0.717, 1.165) is 35.8 Å². The van der Waals surface area contributed by atoms with E-state index in [9.17, 15) is 0 Å². The van der Waals surface area contributed by atoms with Crippen LogP contribution in [-0.2, 0) is 6.42 Å². The van der Waals surface area contributed by atoms with E-state index in [1.807, 2.05) is 13.1 Å². The molecule has 1 heterocycles. The van der Waals surface area contributed by atoms with Gasteiger partial charge in [0.05, 0.1) is 17.1 Å². The molecule has 1 aliphatic rings. The molecule has 1 aromatic rings. The van der Waals surface area contributed by atoms with Gasteiger partial charge in [0.25, 0.3) is 0 Å². The molecule has 1 fully saturated rings. The van der Waals surface area contributed by atoms with E-state index >= 15 is 0 Å². The minimum atomic E-state index is 0.680. The third-order valence-corrected chi connectivity index (χ3v) is 4.78. The van der Waals surface area contributed by atoms with E-state index in [4.69, 9.17) is 16.6 Å². The van der Waals surface area contributed by atoms with Crippen LogP contribution in [0.4, 0.5) is 0 Å². The van der Waals surface area contributed by atoms with Crippen LogP contribution in [-0.4, -0.2) is 17.0 Å². The summed E-state index contributed by atoms with van der Waals surface area (Å²) in [5.41, 5.74) is 11.1. The Morgan fingerprint density at radius 3 is 2.50 bits per heavy atom. The first kappa shape index (κ1) is 16.8. The van der Waals surface area contributed by atoms with Crippen LogP contribution in [0.25, 0.3) is 5.70 Å². The highest BCUT2D eigenvalue weighted by atomic mass is 15.4. The summed E-state index contributed by atoms with van der Waals surface area (Å²) in [5.74, 6) is 6.67. The molecule has 4 N–H and O–H groups in total. The minimum absolute atomic E-state index is 0.680. The lowest BCUT2D eigenvalue weighted by Gasteiger charge is -2.22. The van der Waals surface area contributed by atoms with Crippen molar-refractivity contribution in [2.24, 2.45) is 17.5 Å². The Morgan fingerprint density at radius 2 is 1.95 bits per heavy atom. The van der Waals surface area contributed by atoms with Gasteiger partial charge in [0.15, 0.2) is 0 Å². The Hall–Kier alpha value is -1.55. The predicted molar refractivity (Wildman–Crippen MR) is 92.6 cm³/mol. The first-order valence-corrected chi connectivity index (χ1v) is 8.46. The normalized spacial score (nSPS) is 17.3. The number of aryl methyl sites for hydroxylation is 1. The number of hydrazine groups is 1. The van der Waals surface area contributed by atoms with Crippen molar-refractivity contribution in [3.8, 4) is 0 Å². The Labute approximate surface area is 134 Å². The molecular weight excluding hydrogens is 272 g/mol. The Morgan fingerprint density at radius 1 is 1.27 bits per heavy atom. The maximum atomic E-state index is 6.25. The summed E-state index contributed by atoms with van der Waals surface area (Å²) >= 11 is 0. The van der Waals surface area contributed by atoms with Gasteiger partial charge in [-0.1, -0.05) is 45.1 Å². The van der Waals surface area contributed by atoms with E-state index in [1.165, 1.54) is 37.7 Å². The third kappa shape index (κ3) is 4.01. The van der Waals surface area contributed by atoms with Gasteiger partial charge in [0.1, 0.15) is 0 Å². The number of aromatic nitrogens is 1. The monoisotopic (exact) mass is 302 g/mol. The number of rotatable bonds is 5. The van der Waals surface area contributed by atoms with Crippen LogP contribution in [0.3, 0.4) is 0 Å². The molecule has 0 radical (unpaired) electrons. The molecule has 1 aromatic heterocycles. The molecule has 1 aliphatic carbocycles. The SMILES string of the molecule is CC/C(=C(/N)c1ccc(CC2CCCCC2)c(C)n1)N(C)N. The Balaban J connectivity index is 2.18. The van der Waals surface area contributed by atoms with Crippen LogP contribution in [0, 0.1) is 12.8 Å². The summed E-state index contributed by atoms with van der Waals surface area (Å²) in [6.07, 6.45) is 8.84. The third-order valence-electron chi connectivity index (χ3n) is 4.78. The lowest BCUT2D eigenvalue weighted by molar-refractivity contribution is 0.356. The minimum Gasteiger partial charge on any atom is -0.396 e. The molecule has 22 heavy (non-hydrogen) atoms. The number of nitrogens with two attached hydrogens (primary N) is 2. The number of allylic oxidation sites excluding steroid dienone is 1. The van der Waals surface area contributed by atoms with Crippen molar-refractivity contribution in [1.82, 2.24) is 9.99 Å². The number of hydrogen-bond donors (Lipinski definition) is 2. The molecule has 4 heteroatoms. The molecule has 4 nitrogen and oxygen atoms in total. The van der Waals surface area contributed by atoms with E-state index in [1.54, 1.807) is 5.01 Å². The second-order valence-corrected chi connectivity index (χ2v) is 6.47. The molecule has 0 saturated heterocycles. The first-order chi connectivity index (χ1) is 10.5. The van der Waals surface area contributed by atoms with Gasteiger partial charge < -0.3 is 10.7 Å². The van der Waals surface area contributed by atoms with Gasteiger partial charge in [0.2, 0.25) is 0 Å². The van der Waals surface area contributed by atoms with Crippen molar-refractivity contribution in [3.63, 3.8) is 0 Å². The van der Waals surface area contributed by atoms with Gasteiger partial charge in [-0.15, -0.1) is 0 Å². The van der Waals surface area contributed by atoms with E-state index < -0.39 is 0 Å². The molecule has 0 amide bonds. The average molecular weight is 302 g/mol. The molecule has 0 atom stereocenters. The second kappa shape index (κ2) is 7.63. The topological polar surface area (TPSA) is 68.2 Å². The number of pyridine rings is 1. The molecule has 0 spiro atoms. The van der Waals surface area contributed by atoms with Crippen LogP contribution in [0.5, 0.6) is 0 Å². The molecule has 122 valence electrons. The van der Waals surface area contributed by atoms with Gasteiger partial charge >= 0.3 is 0 Å². The van der Waals surface area contributed by atoms with Crippen LogP contribution in [0.1, 0.15) is 62.4 Å². The molecule has 0 aliphatic heterocycles. The summed E-state index contributed by atoms with van der Waals surface area (Å²) in [7, 11) is 1.82. The fraction of sp³-hybridized carbons (Fsp3) is 0.611. The molecule has 0 unspecified atom stereocenters. The number of nitrogens with zero attached hydrogens (tertiary/aromatic N) is 2. The molecule has 0 bridgehead atoms. The van der Waals surface area contributed by atoms with Crippen molar-refractivity contribution >= 4 is 5.70 Å². The van der Waals surface area contributed by atoms with E-state index in [-0.39, 0.29) is 0 Å². The van der Waals surface area contributed by atoms with Gasteiger partial charge in [-0.2, -0.15) is 0 Å². The largest absolute Gasteiger partial charge is 0.396 e. The molecular formula is C18H30N4. The van der Waals surface area contributed by atoms with Gasteiger partial charge in [-0.05, 0) is 37.3 Å². The summed E-state index contributed by atoms with van der Waals surface area (Å²) in [4.78, 5) is 4.72. The summed E-state index contributed by atoms with van der Waals surface area (Å²) < 4.78 is 0. The molecule has 1 saturated carbocycles. The zero-order chi connectivity index (χ0) is 16.1.